The van der Waals surface area contributed by atoms with E-state index < -0.39 is 0 Å². The van der Waals surface area contributed by atoms with Crippen LogP contribution in [0, 0.1) is 0 Å². The van der Waals surface area contributed by atoms with Crippen LogP contribution in [-0.2, 0) is 6.42 Å². The number of hydrogen-bond donors (Lipinski definition) is 0. The van der Waals surface area contributed by atoms with Gasteiger partial charge < -0.3 is 9.47 Å². The number of benzene rings is 3. The SMILES string of the molecule is ICCCc1cccc(Oc2ccc(Oc3ccccc3)cc2)c1. The van der Waals surface area contributed by atoms with E-state index in [0.29, 0.717) is 0 Å². The highest BCUT2D eigenvalue weighted by molar-refractivity contribution is 14.1. The molecule has 0 aromatic heterocycles. The van der Waals surface area contributed by atoms with Crippen LogP contribution in [0.1, 0.15) is 12.0 Å². The minimum atomic E-state index is 0.796. The van der Waals surface area contributed by atoms with E-state index in [1.165, 1.54) is 16.4 Å². The number of rotatable bonds is 7. The molecule has 0 amide bonds. The first-order chi connectivity index (χ1) is 11.8. The van der Waals surface area contributed by atoms with Gasteiger partial charge in [-0.15, -0.1) is 0 Å². The van der Waals surface area contributed by atoms with Crippen molar-refractivity contribution in [1.82, 2.24) is 0 Å². The lowest BCUT2D eigenvalue weighted by Crippen LogP contribution is -1.89. The molecule has 2 nitrogen and oxygen atoms in total. The summed E-state index contributed by atoms with van der Waals surface area (Å²) in [6.45, 7) is 0. The third kappa shape index (κ3) is 4.99. The summed E-state index contributed by atoms with van der Waals surface area (Å²) >= 11 is 2.41. The summed E-state index contributed by atoms with van der Waals surface area (Å²) in [5, 5.41) is 0. The molecule has 3 aromatic rings. The molecule has 3 aromatic carbocycles. The molecular weight excluding hydrogens is 411 g/mol. The minimum Gasteiger partial charge on any atom is -0.457 e. The third-order valence-corrected chi connectivity index (χ3v) is 4.30. The molecule has 0 radical (unpaired) electrons. The lowest BCUT2D eigenvalue weighted by molar-refractivity contribution is 0.469. The highest BCUT2D eigenvalue weighted by Gasteiger charge is 2.01. The molecule has 0 saturated carbocycles. The van der Waals surface area contributed by atoms with Crippen molar-refractivity contribution in [3.8, 4) is 23.0 Å². The molecule has 0 saturated heterocycles. The fraction of sp³-hybridized carbons (Fsp3) is 0.143. The molecule has 0 heterocycles. The number of alkyl halides is 1. The Labute approximate surface area is 156 Å². The van der Waals surface area contributed by atoms with Crippen molar-refractivity contribution < 1.29 is 9.47 Å². The Hall–Kier alpha value is -2.01. The second-order valence-corrected chi connectivity index (χ2v) is 6.51. The van der Waals surface area contributed by atoms with Gasteiger partial charge in [-0.25, -0.2) is 0 Å². The summed E-state index contributed by atoms with van der Waals surface area (Å²) < 4.78 is 12.9. The molecule has 0 unspecified atom stereocenters. The zero-order valence-corrected chi connectivity index (χ0v) is 15.5. The summed E-state index contributed by atoms with van der Waals surface area (Å²) in [5.74, 6) is 3.30. The van der Waals surface area contributed by atoms with Gasteiger partial charge in [-0.05, 0) is 71.4 Å². The number of hydrogen-bond acceptors (Lipinski definition) is 2. The quantitative estimate of drug-likeness (QED) is 0.309. The molecular formula is C21H19IO2. The smallest absolute Gasteiger partial charge is 0.127 e. The van der Waals surface area contributed by atoms with Crippen molar-refractivity contribution in [3.05, 3.63) is 84.4 Å². The number of para-hydroxylation sites is 1. The van der Waals surface area contributed by atoms with Crippen LogP contribution in [0.25, 0.3) is 0 Å². The second kappa shape index (κ2) is 8.73. The molecule has 122 valence electrons. The van der Waals surface area contributed by atoms with Gasteiger partial charge in [0.1, 0.15) is 23.0 Å². The van der Waals surface area contributed by atoms with Crippen LogP contribution in [0.3, 0.4) is 0 Å². The molecule has 3 rings (SSSR count). The van der Waals surface area contributed by atoms with Crippen LogP contribution < -0.4 is 9.47 Å². The predicted molar refractivity (Wildman–Crippen MR) is 107 cm³/mol. The zero-order chi connectivity index (χ0) is 16.6. The minimum absolute atomic E-state index is 0.796. The maximum atomic E-state index is 5.95. The fourth-order valence-corrected chi connectivity index (χ4v) is 2.75. The van der Waals surface area contributed by atoms with Gasteiger partial charge in [0.25, 0.3) is 0 Å². The van der Waals surface area contributed by atoms with Crippen molar-refractivity contribution in [2.45, 2.75) is 12.8 Å². The molecule has 0 aliphatic carbocycles. The maximum Gasteiger partial charge on any atom is 0.127 e. The lowest BCUT2D eigenvalue weighted by Gasteiger charge is -2.09. The van der Waals surface area contributed by atoms with Gasteiger partial charge in [0.15, 0.2) is 0 Å². The van der Waals surface area contributed by atoms with E-state index in [0.717, 1.165) is 29.4 Å². The van der Waals surface area contributed by atoms with E-state index in [9.17, 15) is 0 Å². The molecule has 0 aliphatic rings. The van der Waals surface area contributed by atoms with Crippen molar-refractivity contribution in [3.63, 3.8) is 0 Å². The summed E-state index contributed by atoms with van der Waals surface area (Å²) in [5.41, 5.74) is 1.31. The topological polar surface area (TPSA) is 18.5 Å². The van der Waals surface area contributed by atoms with E-state index >= 15 is 0 Å². The third-order valence-electron chi connectivity index (χ3n) is 3.54. The Bertz CT molecular complexity index is 754. The first kappa shape index (κ1) is 16.8. The van der Waals surface area contributed by atoms with Crippen molar-refractivity contribution >= 4 is 22.6 Å². The summed E-state index contributed by atoms with van der Waals surface area (Å²) in [4.78, 5) is 0. The van der Waals surface area contributed by atoms with E-state index in [2.05, 4.69) is 34.7 Å². The molecule has 0 fully saturated rings. The van der Waals surface area contributed by atoms with Crippen LogP contribution in [-0.4, -0.2) is 4.43 Å². The Balaban J connectivity index is 1.64. The number of aryl methyl sites for hydroxylation is 1. The normalized spacial score (nSPS) is 10.4. The molecule has 3 heteroatoms. The van der Waals surface area contributed by atoms with Gasteiger partial charge in [0.2, 0.25) is 0 Å². The fourth-order valence-electron chi connectivity index (χ4n) is 2.37. The van der Waals surface area contributed by atoms with E-state index in [1.807, 2.05) is 66.7 Å². The van der Waals surface area contributed by atoms with E-state index in [-0.39, 0.29) is 0 Å². The molecule has 0 N–H and O–H groups in total. The zero-order valence-electron chi connectivity index (χ0n) is 13.3. The van der Waals surface area contributed by atoms with Gasteiger partial charge >= 0.3 is 0 Å². The van der Waals surface area contributed by atoms with Crippen LogP contribution in [0.15, 0.2) is 78.9 Å². The molecule has 0 atom stereocenters. The monoisotopic (exact) mass is 430 g/mol. The summed E-state index contributed by atoms with van der Waals surface area (Å²) in [6, 6.07) is 25.7. The predicted octanol–water partition coefficient (Wildman–Crippen LogP) is 6.64. The van der Waals surface area contributed by atoms with Crippen LogP contribution in [0.2, 0.25) is 0 Å². The van der Waals surface area contributed by atoms with Gasteiger partial charge in [-0.2, -0.15) is 0 Å². The van der Waals surface area contributed by atoms with Gasteiger partial charge in [-0.3, -0.25) is 0 Å². The first-order valence-corrected chi connectivity index (χ1v) is 9.52. The van der Waals surface area contributed by atoms with Gasteiger partial charge in [-0.1, -0.05) is 52.9 Å². The van der Waals surface area contributed by atoms with Crippen molar-refractivity contribution in [2.75, 3.05) is 4.43 Å². The van der Waals surface area contributed by atoms with Crippen molar-refractivity contribution in [1.29, 1.82) is 0 Å². The summed E-state index contributed by atoms with van der Waals surface area (Å²) in [6.07, 6.45) is 2.28. The van der Waals surface area contributed by atoms with Crippen LogP contribution in [0.4, 0.5) is 0 Å². The highest BCUT2D eigenvalue weighted by Crippen LogP contribution is 2.27. The largest absolute Gasteiger partial charge is 0.457 e. The molecule has 0 aliphatic heterocycles. The number of ether oxygens (including phenoxy) is 2. The first-order valence-electron chi connectivity index (χ1n) is 7.99. The number of halogens is 1. The summed E-state index contributed by atoms with van der Waals surface area (Å²) in [7, 11) is 0. The Morgan fingerprint density at radius 2 is 1.21 bits per heavy atom. The Morgan fingerprint density at radius 3 is 1.88 bits per heavy atom. The highest BCUT2D eigenvalue weighted by atomic mass is 127. The lowest BCUT2D eigenvalue weighted by atomic mass is 10.1. The van der Waals surface area contributed by atoms with E-state index in [1.54, 1.807) is 0 Å². The Morgan fingerprint density at radius 1 is 0.625 bits per heavy atom. The van der Waals surface area contributed by atoms with Gasteiger partial charge in [0, 0.05) is 0 Å². The maximum absolute atomic E-state index is 5.95. The standard InChI is InChI=1S/C21H19IO2/c22-15-5-7-17-6-4-10-21(16-17)24-20-13-11-19(12-14-20)23-18-8-2-1-3-9-18/h1-4,6,8-14,16H,5,7,15H2. The molecule has 0 spiro atoms. The molecule has 0 bridgehead atoms. The molecule has 24 heavy (non-hydrogen) atoms. The average molecular weight is 430 g/mol. The average Bonchev–Trinajstić information content (AvgIpc) is 2.63. The van der Waals surface area contributed by atoms with Crippen LogP contribution in [0.5, 0.6) is 23.0 Å². The Kier molecular flexibility index (Phi) is 6.13. The van der Waals surface area contributed by atoms with Gasteiger partial charge in [0.05, 0.1) is 0 Å². The second-order valence-electron chi connectivity index (χ2n) is 5.43. The van der Waals surface area contributed by atoms with Crippen LogP contribution >= 0.6 is 22.6 Å². The van der Waals surface area contributed by atoms with Crippen molar-refractivity contribution in [2.24, 2.45) is 0 Å². The van der Waals surface area contributed by atoms with E-state index in [4.69, 9.17) is 9.47 Å².